The van der Waals surface area contributed by atoms with Gasteiger partial charge in [0.25, 0.3) is 0 Å². The molecule has 51 heavy (non-hydrogen) atoms. The summed E-state index contributed by atoms with van der Waals surface area (Å²) >= 11 is 1.85. The number of para-hydroxylation sites is 2. The van der Waals surface area contributed by atoms with E-state index in [1.165, 1.54) is 42.4 Å². The van der Waals surface area contributed by atoms with Crippen LogP contribution in [0.15, 0.2) is 192 Å². The zero-order valence-corrected chi connectivity index (χ0v) is 28.5. The Hall–Kier alpha value is -6.42. The molecular formula is C48H31NOS. The van der Waals surface area contributed by atoms with Crippen molar-refractivity contribution in [2.45, 2.75) is 0 Å². The van der Waals surface area contributed by atoms with E-state index in [0.717, 1.165) is 50.1 Å². The molecule has 0 bridgehead atoms. The topological polar surface area (TPSA) is 16.4 Å². The highest BCUT2D eigenvalue weighted by Crippen LogP contribution is 2.47. The first-order chi connectivity index (χ1) is 25.3. The largest absolute Gasteiger partial charge is 0.456 e. The van der Waals surface area contributed by atoms with Crippen molar-refractivity contribution in [2.75, 3.05) is 4.90 Å². The summed E-state index contributed by atoms with van der Waals surface area (Å²) in [5, 5.41) is 4.79. The molecule has 0 atom stereocenters. The molecule has 0 radical (unpaired) electrons. The van der Waals surface area contributed by atoms with Crippen LogP contribution in [0.1, 0.15) is 0 Å². The Kier molecular flexibility index (Phi) is 7.04. The Bertz CT molecular complexity index is 2860. The van der Waals surface area contributed by atoms with Crippen LogP contribution < -0.4 is 4.90 Å². The maximum Gasteiger partial charge on any atom is 0.137 e. The third kappa shape index (κ3) is 5.10. The molecule has 10 aromatic rings. The summed E-state index contributed by atoms with van der Waals surface area (Å²) in [7, 11) is 0. The highest BCUT2D eigenvalue weighted by molar-refractivity contribution is 7.25. The van der Waals surface area contributed by atoms with Crippen molar-refractivity contribution in [1.82, 2.24) is 0 Å². The fourth-order valence-corrected chi connectivity index (χ4v) is 8.55. The van der Waals surface area contributed by atoms with Crippen LogP contribution in [0, 0.1) is 0 Å². The number of hydrogen-bond donors (Lipinski definition) is 0. The Balaban J connectivity index is 1.18. The van der Waals surface area contributed by atoms with E-state index in [1.54, 1.807) is 0 Å². The van der Waals surface area contributed by atoms with E-state index >= 15 is 0 Å². The molecule has 10 rings (SSSR count). The van der Waals surface area contributed by atoms with Gasteiger partial charge in [-0.05, 0) is 82.4 Å². The zero-order valence-electron chi connectivity index (χ0n) is 27.7. The van der Waals surface area contributed by atoms with Crippen molar-refractivity contribution < 1.29 is 4.42 Å². The Labute approximate surface area is 300 Å². The van der Waals surface area contributed by atoms with Crippen LogP contribution in [0.2, 0.25) is 0 Å². The van der Waals surface area contributed by atoms with Gasteiger partial charge in [0.2, 0.25) is 0 Å². The molecular weight excluding hydrogens is 639 g/mol. The Morgan fingerprint density at radius 3 is 1.86 bits per heavy atom. The SMILES string of the molecule is c1ccc(-c2ccc(-c3cccc(N(c4ccccc4-c4ccc5sc6ccccc6c5c4)c4cccc5oc6ccccc6c45)c3)cc2)cc1. The van der Waals surface area contributed by atoms with E-state index < -0.39 is 0 Å². The maximum atomic E-state index is 6.43. The second-order valence-corrected chi connectivity index (χ2v) is 14.0. The molecule has 0 aliphatic carbocycles. The molecule has 0 aliphatic rings. The van der Waals surface area contributed by atoms with E-state index in [2.05, 4.69) is 187 Å². The van der Waals surface area contributed by atoms with Crippen molar-refractivity contribution in [3.63, 3.8) is 0 Å². The van der Waals surface area contributed by atoms with Gasteiger partial charge in [-0.15, -0.1) is 11.3 Å². The minimum absolute atomic E-state index is 0.870. The predicted octanol–water partition coefficient (Wildman–Crippen LogP) is 14.4. The summed E-state index contributed by atoms with van der Waals surface area (Å²) in [6.45, 7) is 0. The number of furan rings is 1. The van der Waals surface area contributed by atoms with Crippen molar-refractivity contribution in [3.8, 4) is 33.4 Å². The minimum Gasteiger partial charge on any atom is -0.456 e. The first kappa shape index (κ1) is 29.5. The third-order valence-electron chi connectivity index (χ3n) is 9.88. The molecule has 0 unspecified atom stereocenters. The van der Waals surface area contributed by atoms with E-state index in [-0.39, 0.29) is 0 Å². The molecule has 0 saturated carbocycles. The van der Waals surface area contributed by atoms with E-state index in [0.29, 0.717) is 0 Å². The van der Waals surface area contributed by atoms with Gasteiger partial charge in [0.1, 0.15) is 11.2 Å². The summed E-state index contributed by atoms with van der Waals surface area (Å²) < 4.78 is 9.04. The summed E-state index contributed by atoms with van der Waals surface area (Å²) in [4.78, 5) is 2.41. The predicted molar refractivity (Wildman–Crippen MR) is 218 cm³/mol. The Morgan fingerprint density at radius 2 is 0.980 bits per heavy atom. The molecule has 0 amide bonds. The van der Waals surface area contributed by atoms with Crippen LogP contribution in [-0.2, 0) is 0 Å². The molecule has 3 heteroatoms. The number of benzene rings is 8. The molecule has 0 saturated heterocycles. The summed E-state index contributed by atoms with van der Waals surface area (Å²) in [5.74, 6) is 0. The first-order valence-electron chi connectivity index (χ1n) is 17.3. The highest BCUT2D eigenvalue weighted by Gasteiger charge is 2.22. The van der Waals surface area contributed by atoms with Crippen molar-refractivity contribution in [2.24, 2.45) is 0 Å². The summed E-state index contributed by atoms with van der Waals surface area (Å²) in [6, 6.07) is 67.5. The van der Waals surface area contributed by atoms with Crippen LogP contribution in [0.4, 0.5) is 17.1 Å². The fraction of sp³-hybridized carbons (Fsp3) is 0. The molecule has 0 fully saturated rings. The van der Waals surface area contributed by atoms with Gasteiger partial charge in [0.15, 0.2) is 0 Å². The van der Waals surface area contributed by atoms with Gasteiger partial charge in [-0.3, -0.25) is 0 Å². The molecule has 8 aromatic carbocycles. The minimum atomic E-state index is 0.870. The van der Waals surface area contributed by atoms with E-state index in [4.69, 9.17) is 4.42 Å². The quantitative estimate of drug-likeness (QED) is 0.175. The van der Waals surface area contributed by atoms with E-state index in [9.17, 15) is 0 Å². The monoisotopic (exact) mass is 669 g/mol. The molecule has 240 valence electrons. The smallest absolute Gasteiger partial charge is 0.137 e. The molecule has 0 N–H and O–H groups in total. The standard InChI is InChI=1S/C48H31NOS/c1-2-12-32(13-3-1)33-24-26-34(27-25-33)35-14-10-15-37(30-35)49(43-20-11-22-45-48(43)40-18-5-8-21-44(40)50-45)42-19-7-4-16-38(42)36-28-29-47-41(31-36)39-17-6-9-23-46(39)51-47/h1-31H. The number of anilines is 3. The molecule has 2 nitrogen and oxygen atoms in total. The van der Waals surface area contributed by atoms with Crippen LogP contribution >= 0.6 is 11.3 Å². The van der Waals surface area contributed by atoms with Crippen LogP contribution in [0.5, 0.6) is 0 Å². The number of fused-ring (bicyclic) bond motifs is 6. The number of rotatable bonds is 6. The van der Waals surface area contributed by atoms with Gasteiger partial charge in [0, 0.05) is 36.8 Å². The second kappa shape index (κ2) is 12.2. The fourth-order valence-electron chi connectivity index (χ4n) is 7.47. The van der Waals surface area contributed by atoms with Crippen LogP contribution in [0.25, 0.3) is 75.5 Å². The zero-order chi connectivity index (χ0) is 33.7. The number of hydrogen-bond acceptors (Lipinski definition) is 3. The lowest BCUT2D eigenvalue weighted by Crippen LogP contribution is -2.11. The van der Waals surface area contributed by atoms with Gasteiger partial charge in [-0.1, -0.05) is 133 Å². The highest BCUT2D eigenvalue weighted by atomic mass is 32.1. The number of thiophene rings is 1. The van der Waals surface area contributed by atoms with Crippen LogP contribution in [-0.4, -0.2) is 0 Å². The lowest BCUT2D eigenvalue weighted by atomic mass is 9.98. The molecule has 0 spiro atoms. The van der Waals surface area contributed by atoms with Crippen molar-refractivity contribution >= 4 is 70.5 Å². The average Bonchev–Trinajstić information content (AvgIpc) is 3.77. The van der Waals surface area contributed by atoms with Gasteiger partial charge >= 0.3 is 0 Å². The lowest BCUT2D eigenvalue weighted by molar-refractivity contribution is 0.669. The Morgan fingerprint density at radius 1 is 0.373 bits per heavy atom. The van der Waals surface area contributed by atoms with Gasteiger partial charge < -0.3 is 9.32 Å². The van der Waals surface area contributed by atoms with E-state index in [1.807, 2.05) is 17.4 Å². The van der Waals surface area contributed by atoms with Gasteiger partial charge in [-0.2, -0.15) is 0 Å². The average molecular weight is 670 g/mol. The summed E-state index contributed by atoms with van der Waals surface area (Å²) in [5.41, 5.74) is 12.1. The maximum absolute atomic E-state index is 6.43. The van der Waals surface area contributed by atoms with Gasteiger partial charge in [-0.25, -0.2) is 0 Å². The normalized spacial score (nSPS) is 11.5. The van der Waals surface area contributed by atoms with Crippen molar-refractivity contribution in [1.29, 1.82) is 0 Å². The molecule has 2 aromatic heterocycles. The first-order valence-corrected chi connectivity index (χ1v) is 18.1. The summed E-state index contributed by atoms with van der Waals surface area (Å²) in [6.07, 6.45) is 0. The molecule has 0 aliphatic heterocycles. The van der Waals surface area contributed by atoms with Crippen molar-refractivity contribution in [3.05, 3.63) is 188 Å². The molecule has 2 heterocycles. The van der Waals surface area contributed by atoms with Crippen LogP contribution in [0.3, 0.4) is 0 Å². The lowest BCUT2D eigenvalue weighted by Gasteiger charge is -2.29. The third-order valence-corrected chi connectivity index (χ3v) is 11.0. The number of nitrogens with zero attached hydrogens (tertiary/aromatic N) is 1. The second-order valence-electron chi connectivity index (χ2n) is 12.9. The van der Waals surface area contributed by atoms with Gasteiger partial charge in [0.05, 0.1) is 16.8 Å².